The van der Waals surface area contributed by atoms with Crippen LogP contribution in [0.4, 0.5) is 11.4 Å². The lowest BCUT2D eigenvalue weighted by Gasteiger charge is -2.21. The summed E-state index contributed by atoms with van der Waals surface area (Å²) in [4.78, 5) is 16.4. The Hall–Kier alpha value is -1.88. The number of anilines is 2. The summed E-state index contributed by atoms with van der Waals surface area (Å²) in [7, 11) is 0. The number of carbonyl (C=O) groups is 1. The van der Waals surface area contributed by atoms with Crippen LogP contribution in [0.15, 0.2) is 41.0 Å². The van der Waals surface area contributed by atoms with Gasteiger partial charge >= 0.3 is 0 Å². The monoisotopic (exact) mass is 361 g/mol. The molecule has 116 valence electrons. The molecule has 2 N–H and O–H groups in total. The summed E-state index contributed by atoms with van der Waals surface area (Å²) in [5.74, 6) is -0.218. The van der Waals surface area contributed by atoms with Gasteiger partial charge < -0.3 is 10.6 Å². The molecule has 0 unspecified atom stereocenters. The Morgan fingerprint density at radius 1 is 1.14 bits per heavy atom. The number of hydrogen-bond donors (Lipinski definition) is 2. The summed E-state index contributed by atoms with van der Waals surface area (Å²) in [5, 5.41) is 6.16. The highest BCUT2D eigenvalue weighted by Crippen LogP contribution is 2.20. The second-order valence-electron chi connectivity index (χ2n) is 6.23. The van der Waals surface area contributed by atoms with Gasteiger partial charge in [-0.2, -0.15) is 0 Å². The van der Waals surface area contributed by atoms with E-state index in [0.717, 1.165) is 21.4 Å². The van der Waals surface area contributed by atoms with Crippen molar-refractivity contribution in [2.75, 3.05) is 10.6 Å². The molecule has 0 spiro atoms. The van der Waals surface area contributed by atoms with Gasteiger partial charge in [0.2, 0.25) is 0 Å². The standard InChI is InChI=1S/C17H20BrN3O/c1-11-9-12(5-7-14(11)18)20-16(22)15-8-6-13(10-19-15)21-17(2,3)4/h5-10,21H,1-4H3,(H,20,22). The Morgan fingerprint density at radius 3 is 2.36 bits per heavy atom. The smallest absolute Gasteiger partial charge is 0.274 e. The molecule has 2 aromatic rings. The maximum absolute atomic E-state index is 12.2. The van der Waals surface area contributed by atoms with Gasteiger partial charge in [0.15, 0.2) is 0 Å². The Balaban J connectivity index is 2.08. The van der Waals surface area contributed by atoms with Gasteiger partial charge in [-0.05, 0) is 63.6 Å². The van der Waals surface area contributed by atoms with Gasteiger partial charge in [0.1, 0.15) is 5.69 Å². The van der Waals surface area contributed by atoms with Crippen molar-refractivity contribution in [3.8, 4) is 0 Å². The number of rotatable bonds is 3. The summed E-state index contributed by atoms with van der Waals surface area (Å²) in [6.45, 7) is 8.20. The highest BCUT2D eigenvalue weighted by molar-refractivity contribution is 9.10. The van der Waals surface area contributed by atoms with Crippen molar-refractivity contribution >= 4 is 33.2 Å². The number of halogens is 1. The van der Waals surface area contributed by atoms with Crippen molar-refractivity contribution in [2.24, 2.45) is 0 Å². The van der Waals surface area contributed by atoms with E-state index < -0.39 is 0 Å². The molecule has 1 aromatic heterocycles. The zero-order valence-corrected chi connectivity index (χ0v) is 14.8. The minimum atomic E-state index is -0.218. The lowest BCUT2D eigenvalue weighted by Crippen LogP contribution is -2.26. The van der Waals surface area contributed by atoms with Crippen LogP contribution < -0.4 is 10.6 Å². The molecule has 0 fully saturated rings. The average Bonchev–Trinajstić information content (AvgIpc) is 2.42. The van der Waals surface area contributed by atoms with E-state index in [1.54, 1.807) is 12.3 Å². The van der Waals surface area contributed by atoms with Crippen LogP contribution in [-0.4, -0.2) is 16.4 Å². The number of amides is 1. The van der Waals surface area contributed by atoms with Crippen molar-refractivity contribution < 1.29 is 4.79 Å². The fraction of sp³-hybridized carbons (Fsp3) is 0.294. The summed E-state index contributed by atoms with van der Waals surface area (Å²) < 4.78 is 1.02. The first-order valence-electron chi connectivity index (χ1n) is 7.06. The van der Waals surface area contributed by atoms with Crippen LogP contribution in [0, 0.1) is 6.92 Å². The first kappa shape index (κ1) is 16.5. The minimum Gasteiger partial charge on any atom is -0.379 e. The summed E-state index contributed by atoms with van der Waals surface area (Å²) >= 11 is 3.44. The molecule has 1 heterocycles. The Kier molecular flexibility index (Phi) is 4.86. The van der Waals surface area contributed by atoms with Gasteiger partial charge in [0.05, 0.1) is 11.9 Å². The van der Waals surface area contributed by atoms with E-state index in [2.05, 4.69) is 52.3 Å². The van der Waals surface area contributed by atoms with Gasteiger partial charge in [0.25, 0.3) is 5.91 Å². The first-order chi connectivity index (χ1) is 10.2. The normalized spacial score (nSPS) is 11.1. The second kappa shape index (κ2) is 6.48. The summed E-state index contributed by atoms with van der Waals surface area (Å²) in [6, 6.07) is 9.26. The van der Waals surface area contributed by atoms with E-state index in [1.807, 2.05) is 31.2 Å². The third-order valence-electron chi connectivity index (χ3n) is 2.93. The molecule has 0 saturated carbocycles. The molecule has 0 bridgehead atoms. The van der Waals surface area contributed by atoms with Gasteiger partial charge in [0, 0.05) is 15.7 Å². The highest BCUT2D eigenvalue weighted by Gasteiger charge is 2.11. The number of nitrogens with zero attached hydrogens (tertiary/aromatic N) is 1. The van der Waals surface area contributed by atoms with E-state index in [4.69, 9.17) is 0 Å². The molecule has 0 saturated heterocycles. The highest BCUT2D eigenvalue weighted by atomic mass is 79.9. The Morgan fingerprint density at radius 2 is 1.82 bits per heavy atom. The Labute approximate surface area is 139 Å². The van der Waals surface area contributed by atoms with Crippen molar-refractivity contribution in [2.45, 2.75) is 33.2 Å². The molecule has 4 nitrogen and oxygen atoms in total. The zero-order chi connectivity index (χ0) is 16.3. The van der Waals surface area contributed by atoms with Crippen molar-refractivity contribution in [1.82, 2.24) is 4.98 Å². The molecule has 2 rings (SSSR count). The lowest BCUT2D eigenvalue weighted by molar-refractivity contribution is 0.102. The second-order valence-corrected chi connectivity index (χ2v) is 7.08. The van der Waals surface area contributed by atoms with Gasteiger partial charge in [-0.25, -0.2) is 4.98 Å². The molecule has 22 heavy (non-hydrogen) atoms. The molecule has 1 aromatic carbocycles. The van der Waals surface area contributed by atoms with Crippen LogP contribution in [0.5, 0.6) is 0 Å². The van der Waals surface area contributed by atoms with Crippen molar-refractivity contribution in [3.63, 3.8) is 0 Å². The van der Waals surface area contributed by atoms with E-state index >= 15 is 0 Å². The van der Waals surface area contributed by atoms with Gasteiger partial charge in [-0.3, -0.25) is 4.79 Å². The van der Waals surface area contributed by atoms with Crippen LogP contribution in [0.25, 0.3) is 0 Å². The molecule has 0 aliphatic carbocycles. The van der Waals surface area contributed by atoms with Crippen molar-refractivity contribution in [1.29, 1.82) is 0 Å². The van der Waals surface area contributed by atoms with E-state index in [0.29, 0.717) is 5.69 Å². The quantitative estimate of drug-likeness (QED) is 0.838. The fourth-order valence-corrected chi connectivity index (χ4v) is 2.20. The third kappa shape index (κ3) is 4.56. The molecule has 0 atom stereocenters. The number of benzene rings is 1. The number of hydrogen-bond acceptors (Lipinski definition) is 3. The molecular weight excluding hydrogens is 342 g/mol. The maximum atomic E-state index is 12.2. The first-order valence-corrected chi connectivity index (χ1v) is 7.86. The van der Waals surface area contributed by atoms with Crippen LogP contribution >= 0.6 is 15.9 Å². The third-order valence-corrected chi connectivity index (χ3v) is 3.82. The van der Waals surface area contributed by atoms with Crippen molar-refractivity contribution in [3.05, 3.63) is 52.3 Å². The molecule has 0 aliphatic heterocycles. The predicted molar refractivity (Wildman–Crippen MR) is 94.4 cm³/mol. The predicted octanol–water partition coefficient (Wildman–Crippen LogP) is 4.62. The number of aryl methyl sites for hydroxylation is 1. The number of nitrogens with one attached hydrogen (secondary N) is 2. The zero-order valence-electron chi connectivity index (χ0n) is 13.2. The summed E-state index contributed by atoms with van der Waals surface area (Å²) in [5.41, 5.74) is 3.06. The molecule has 1 amide bonds. The number of aromatic nitrogens is 1. The van der Waals surface area contributed by atoms with E-state index in [1.165, 1.54) is 0 Å². The van der Waals surface area contributed by atoms with E-state index in [9.17, 15) is 4.79 Å². The van der Waals surface area contributed by atoms with Gasteiger partial charge in [-0.1, -0.05) is 15.9 Å². The maximum Gasteiger partial charge on any atom is 0.274 e. The topological polar surface area (TPSA) is 54.0 Å². The number of carbonyl (C=O) groups excluding carboxylic acids is 1. The Bertz CT molecular complexity index is 675. The van der Waals surface area contributed by atoms with Crippen LogP contribution in [0.2, 0.25) is 0 Å². The van der Waals surface area contributed by atoms with E-state index in [-0.39, 0.29) is 11.4 Å². The summed E-state index contributed by atoms with van der Waals surface area (Å²) in [6.07, 6.45) is 1.67. The largest absolute Gasteiger partial charge is 0.379 e. The van der Waals surface area contributed by atoms with Crippen LogP contribution in [-0.2, 0) is 0 Å². The lowest BCUT2D eigenvalue weighted by atomic mass is 10.1. The number of pyridine rings is 1. The van der Waals surface area contributed by atoms with Crippen LogP contribution in [0.1, 0.15) is 36.8 Å². The molecule has 0 radical (unpaired) electrons. The average molecular weight is 362 g/mol. The molecule has 0 aliphatic rings. The minimum absolute atomic E-state index is 0.0413. The molecular formula is C17H20BrN3O. The molecule has 5 heteroatoms. The van der Waals surface area contributed by atoms with Crippen LogP contribution in [0.3, 0.4) is 0 Å². The SMILES string of the molecule is Cc1cc(NC(=O)c2ccc(NC(C)(C)C)cn2)ccc1Br. The fourth-order valence-electron chi connectivity index (χ4n) is 1.95. The van der Waals surface area contributed by atoms with Gasteiger partial charge in [-0.15, -0.1) is 0 Å².